The van der Waals surface area contributed by atoms with Crippen LogP contribution >= 0.6 is 0 Å². The van der Waals surface area contributed by atoms with Crippen molar-refractivity contribution >= 4 is 78.2 Å². The van der Waals surface area contributed by atoms with Crippen LogP contribution in [-0.4, -0.2) is 50.6 Å². The van der Waals surface area contributed by atoms with Crippen molar-refractivity contribution in [2.45, 2.75) is 0 Å². The van der Waals surface area contributed by atoms with Crippen molar-refractivity contribution in [3.8, 4) is 0 Å². The van der Waals surface area contributed by atoms with Crippen LogP contribution in [0.25, 0.3) is 21.5 Å². The summed E-state index contributed by atoms with van der Waals surface area (Å²) in [5, 5.41) is 0.158. The van der Waals surface area contributed by atoms with Gasteiger partial charge >= 0.3 is 277 Å². The third-order valence-corrected chi connectivity index (χ3v) is 12.0. The molecule has 2 aromatic heterocycles. The van der Waals surface area contributed by atoms with Gasteiger partial charge in [-0.3, -0.25) is 0 Å². The van der Waals surface area contributed by atoms with E-state index in [2.05, 4.69) is 30.0 Å². The first-order chi connectivity index (χ1) is 23.5. The van der Waals surface area contributed by atoms with E-state index >= 15 is 0 Å². The molecule has 8 nitrogen and oxygen atoms in total. The van der Waals surface area contributed by atoms with Gasteiger partial charge in [-0.2, -0.15) is 0 Å². The zero-order valence-electron chi connectivity index (χ0n) is 23.7. The van der Waals surface area contributed by atoms with E-state index in [0.29, 0.717) is 0 Å². The van der Waals surface area contributed by atoms with Gasteiger partial charge in [0, 0.05) is 0 Å². The molecule has 4 aliphatic rings. The second-order valence-electron chi connectivity index (χ2n) is 11.3. The monoisotopic (exact) mass is 776 g/mol. The van der Waals surface area contributed by atoms with Crippen molar-refractivity contribution in [2.24, 2.45) is 30.0 Å². The molecule has 4 aromatic carbocycles. The summed E-state index contributed by atoms with van der Waals surface area (Å²) in [6.45, 7) is 0. The molecule has 0 saturated carbocycles. The Morgan fingerprint density at radius 2 is 0.653 bits per heavy atom. The van der Waals surface area contributed by atoms with Crippen LogP contribution in [0.15, 0.2) is 78.5 Å². The van der Waals surface area contributed by atoms with E-state index in [1.165, 1.54) is 5.58 Å². The van der Waals surface area contributed by atoms with Gasteiger partial charge in [0.15, 0.2) is 0 Å². The topological polar surface area (TPSA) is 84.0 Å². The van der Waals surface area contributed by atoms with Gasteiger partial charge in [-0.05, 0) is 0 Å². The molecule has 0 unspecified atom stereocenters. The van der Waals surface area contributed by atoms with Crippen molar-refractivity contribution in [1.29, 1.82) is 0 Å². The van der Waals surface area contributed by atoms with Crippen molar-refractivity contribution < 1.29 is 35.1 Å². The Balaban J connectivity index is 1.47. The van der Waals surface area contributed by atoms with Crippen molar-refractivity contribution in [1.82, 2.24) is 5.58 Å². The van der Waals surface area contributed by atoms with Gasteiger partial charge in [-0.1, -0.05) is 0 Å². The van der Waals surface area contributed by atoms with E-state index < -0.39 is 68.2 Å². The molecule has 2 radical (unpaired) electrons. The summed E-state index contributed by atoms with van der Waals surface area (Å²) in [6.07, 6.45) is 0. The summed E-state index contributed by atoms with van der Waals surface area (Å²) in [6, 6.07) is 7.02. The van der Waals surface area contributed by atoms with Gasteiger partial charge < -0.3 is 0 Å². The van der Waals surface area contributed by atoms with E-state index in [1.807, 2.05) is 0 Å². The molecule has 0 fully saturated rings. The van der Waals surface area contributed by atoms with Crippen molar-refractivity contribution in [2.75, 3.05) is 0 Å². The number of aliphatic imine (C=N–C) groups is 4. The number of benzene rings is 4. The van der Waals surface area contributed by atoms with Crippen LogP contribution in [0.4, 0.5) is 46.8 Å². The molecule has 0 atom stereocenters. The number of nitrogens with zero attached hydrogens (tertiary/aromatic N) is 8. The zero-order chi connectivity index (χ0) is 33.6. The Hall–Kier alpha value is -5.52. The van der Waals surface area contributed by atoms with Crippen LogP contribution in [0.3, 0.4) is 0 Å². The number of fused-ring (bicyclic) bond motifs is 14. The number of hydrogen-bond acceptors (Lipinski definition) is 6. The van der Waals surface area contributed by atoms with Crippen LogP contribution in [0.2, 0.25) is 0 Å². The standard InChI is InChI=1S/C32H8F8N8.Sn/c33-17-1-9-10(2-18(17)34)26-41-25(9)45-27-11-3-19(35)20(36)4-12(11)29(42-27)47-31-15-7-23(39)24(40)8-16(15)32(44-31)48-30-14-6-22(38)21(37)5-13(14)28(43-30)46-26;/h1-8H;/q-2;+2. The summed E-state index contributed by atoms with van der Waals surface area (Å²) >= 11 is -2.63. The summed E-state index contributed by atoms with van der Waals surface area (Å²) in [5.41, 5.74) is 0.0466. The molecule has 0 aliphatic carbocycles. The molecule has 0 saturated heterocycles. The second-order valence-corrected chi connectivity index (χ2v) is 14.4. The molecule has 6 aromatic rings. The van der Waals surface area contributed by atoms with Gasteiger partial charge in [-0.15, -0.1) is 0 Å². The van der Waals surface area contributed by atoms with Gasteiger partial charge in [0.2, 0.25) is 0 Å². The molecule has 236 valence electrons. The molecule has 4 aliphatic heterocycles. The fourth-order valence-electron chi connectivity index (χ4n) is 6.26. The Morgan fingerprint density at radius 1 is 0.347 bits per heavy atom. The van der Waals surface area contributed by atoms with Gasteiger partial charge in [0.1, 0.15) is 0 Å². The molecule has 6 heterocycles. The van der Waals surface area contributed by atoms with Crippen molar-refractivity contribution in [3.05, 3.63) is 128 Å². The second kappa shape index (κ2) is 9.55. The first-order valence-electron chi connectivity index (χ1n) is 14.2. The Kier molecular flexibility index (Phi) is 5.55. The fourth-order valence-corrected chi connectivity index (χ4v) is 9.86. The van der Waals surface area contributed by atoms with Gasteiger partial charge in [0.25, 0.3) is 0 Å². The third kappa shape index (κ3) is 3.85. The van der Waals surface area contributed by atoms with E-state index in [0.717, 1.165) is 48.5 Å². The molecular weight excluding hydrogens is 767 g/mol. The molecule has 10 rings (SSSR count). The van der Waals surface area contributed by atoms with Crippen LogP contribution in [0.1, 0.15) is 22.3 Å². The minimum absolute atomic E-state index is 0.0160. The van der Waals surface area contributed by atoms with E-state index in [1.54, 1.807) is 0 Å². The van der Waals surface area contributed by atoms with Crippen LogP contribution in [0, 0.1) is 46.5 Å². The first-order valence-corrected chi connectivity index (χ1v) is 16.7. The molecule has 0 spiro atoms. The van der Waals surface area contributed by atoms with Gasteiger partial charge in [0.05, 0.1) is 0 Å². The number of halogens is 8. The maximum atomic E-state index is 14.9. The Bertz CT molecular complexity index is 2710. The minimum atomic E-state index is -2.63. The van der Waals surface area contributed by atoms with E-state index in [4.69, 9.17) is 0 Å². The molecule has 0 N–H and O–H groups in total. The quantitative estimate of drug-likeness (QED) is 0.143. The van der Waals surface area contributed by atoms with Crippen LogP contribution in [0.5, 0.6) is 0 Å². The molecule has 0 amide bonds. The third-order valence-electron chi connectivity index (χ3n) is 8.49. The average molecular weight is 775 g/mol. The Labute approximate surface area is 276 Å². The van der Waals surface area contributed by atoms with E-state index in [-0.39, 0.29) is 89.8 Å². The molecule has 6 bridgehead atoms. The average Bonchev–Trinajstić information content (AvgIpc) is 3.72. The predicted molar refractivity (Wildman–Crippen MR) is 161 cm³/mol. The fraction of sp³-hybridized carbons (Fsp3) is 0. The summed E-state index contributed by atoms with van der Waals surface area (Å²) in [5.74, 6) is -10.4. The number of aromatic nitrogens is 2. The molecule has 17 heteroatoms. The Morgan fingerprint density at radius 3 is 1.02 bits per heavy atom. The normalized spacial score (nSPS) is 15.3. The predicted octanol–water partition coefficient (Wildman–Crippen LogP) is 5.58. The molecular formula is C32H8F8N8Sn. The number of rotatable bonds is 0. The zero-order valence-corrected chi connectivity index (χ0v) is 26.6. The van der Waals surface area contributed by atoms with E-state index in [9.17, 15) is 35.1 Å². The van der Waals surface area contributed by atoms with Gasteiger partial charge in [-0.25, -0.2) is 0 Å². The van der Waals surface area contributed by atoms with Crippen molar-refractivity contribution in [3.63, 3.8) is 0 Å². The number of amidine groups is 4. The molecule has 49 heavy (non-hydrogen) atoms. The SMILES string of the molecule is Fc1cc2c(cc1F)C1=Nc3c4cc(F)c(F)cc4c4[n]3[Sn][n]3c(c5cc(F)c(F)cc5c3=NC3=NC(=N4)c4cc(F)c(F)cc43)=NC2=N1. The van der Waals surface area contributed by atoms with Crippen LogP contribution in [-0.2, 0) is 0 Å². The number of hydrogen-bond donors (Lipinski definition) is 0. The first kappa shape index (κ1) is 28.5. The summed E-state index contributed by atoms with van der Waals surface area (Å²) < 4.78 is 121. The summed E-state index contributed by atoms with van der Waals surface area (Å²) in [7, 11) is 0. The van der Waals surface area contributed by atoms with Crippen LogP contribution < -0.4 is 11.0 Å². The maximum absolute atomic E-state index is 14.9. The summed E-state index contributed by atoms with van der Waals surface area (Å²) in [4.78, 5) is 27.5.